The molecule has 0 aliphatic rings. The van der Waals surface area contributed by atoms with Gasteiger partial charge >= 0.3 is 0 Å². The number of hydrogen-bond acceptors (Lipinski definition) is 2. The molecule has 0 bridgehead atoms. The molecule has 0 aliphatic carbocycles. The van der Waals surface area contributed by atoms with Crippen LogP contribution in [-0.2, 0) is 0 Å². The lowest BCUT2D eigenvalue weighted by Crippen LogP contribution is -2.12. The van der Waals surface area contributed by atoms with Gasteiger partial charge in [-0.15, -0.1) is 0 Å². The van der Waals surface area contributed by atoms with Gasteiger partial charge in [0.25, 0.3) is 0 Å². The van der Waals surface area contributed by atoms with Crippen molar-refractivity contribution in [1.29, 1.82) is 0 Å². The minimum Gasteiger partial charge on any atom is -0.389 e. The van der Waals surface area contributed by atoms with Gasteiger partial charge in [-0.2, -0.15) is 0 Å². The molecule has 98 valence electrons. The molecule has 5 heteroatoms. The number of aryl methyl sites for hydroxylation is 1. The van der Waals surface area contributed by atoms with Crippen LogP contribution in [-0.4, -0.2) is 4.99 Å². The fourth-order valence-electron chi connectivity index (χ4n) is 1.66. The summed E-state index contributed by atoms with van der Waals surface area (Å²) < 4.78 is 0.933. The van der Waals surface area contributed by atoms with Gasteiger partial charge in [-0.25, -0.2) is 0 Å². The Morgan fingerprint density at radius 3 is 2.63 bits per heavy atom. The largest absolute Gasteiger partial charge is 0.389 e. The Labute approximate surface area is 131 Å². The number of nitrogens with one attached hydrogen (secondary N) is 1. The predicted molar refractivity (Wildman–Crippen MR) is 89.5 cm³/mol. The molecule has 0 atom stereocenters. The van der Waals surface area contributed by atoms with Crippen molar-refractivity contribution >= 4 is 56.1 Å². The normalized spacial score (nSPS) is 10.3. The average molecular weight is 356 g/mol. The lowest BCUT2D eigenvalue weighted by Gasteiger charge is -2.12. The highest BCUT2D eigenvalue weighted by atomic mass is 79.9. The van der Waals surface area contributed by atoms with E-state index in [1.807, 2.05) is 43.3 Å². The van der Waals surface area contributed by atoms with Crippen molar-refractivity contribution in [3.63, 3.8) is 0 Å². The Morgan fingerprint density at radius 1 is 1.26 bits per heavy atom. The molecule has 0 fully saturated rings. The van der Waals surface area contributed by atoms with Crippen LogP contribution in [0, 0.1) is 6.92 Å². The molecule has 2 aromatic carbocycles. The van der Waals surface area contributed by atoms with E-state index in [0.717, 1.165) is 32.0 Å². The number of nitrogens with two attached hydrogens (primary N) is 1. The van der Waals surface area contributed by atoms with Gasteiger partial charge in [0.15, 0.2) is 0 Å². The first-order valence-electron chi connectivity index (χ1n) is 5.60. The van der Waals surface area contributed by atoms with Crippen molar-refractivity contribution < 1.29 is 0 Å². The zero-order valence-corrected chi connectivity index (χ0v) is 13.4. The Morgan fingerprint density at radius 2 is 2.00 bits per heavy atom. The molecule has 0 radical (unpaired) electrons. The minimum absolute atomic E-state index is 0.349. The van der Waals surface area contributed by atoms with E-state index >= 15 is 0 Å². The maximum Gasteiger partial charge on any atom is 0.106 e. The Kier molecular flexibility index (Phi) is 4.45. The van der Waals surface area contributed by atoms with E-state index in [9.17, 15) is 0 Å². The molecular formula is C14H12BrClN2S. The van der Waals surface area contributed by atoms with E-state index in [2.05, 4.69) is 21.2 Å². The van der Waals surface area contributed by atoms with Crippen LogP contribution in [0.4, 0.5) is 11.4 Å². The number of anilines is 2. The fraction of sp³-hybridized carbons (Fsp3) is 0.0714. The van der Waals surface area contributed by atoms with Gasteiger partial charge in [-0.3, -0.25) is 0 Å². The van der Waals surface area contributed by atoms with E-state index in [1.54, 1.807) is 0 Å². The number of benzene rings is 2. The van der Waals surface area contributed by atoms with Crippen LogP contribution in [0.5, 0.6) is 0 Å². The maximum absolute atomic E-state index is 6.11. The quantitative estimate of drug-likeness (QED) is 0.778. The van der Waals surface area contributed by atoms with E-state index < -0.39 is 0 Å². The second kappa shape index (κ2) is 5.90. The molecule has 0 amide bonds. The van der Waals surface area contributed by atoms with Crippen LogP contribution in [0.15, 0.2) is 40.9 Å². The average Bonchev–Trinajstić information content (AvgIpc) is 2.36. The zero-order chi connectivity index (χ0) is 14.0. The van der Waals surface area contributed by atoms with E-state index in [1.165, 1.54) is 0 Å². The molecule has 0 heterocycles. The van der Waals surface area contributed by atoms with Crippen molar-refractivity contribution in [3.05, 3.63) is 57.0 Å². The van der Waals surface area contributed by atoms with Gasteiger partial charge in [0.2, 0.25) is 0 Å². The van der Waals surface area contributed by atoms with E-state index in [-0.39, 0.29) is 0 Å². The maximum atomic E-state index is 6.11. The van der Waals surface area contributed by atoms with Gasteiger partial charge in [-0.05, 0) is 42.8 Å². The molecule has 0 aliphatic heterocycles. The molecule has 2 aromatic rings. The van der Waals surface area contributed by atoms with Crippen LogP contribution in [0.25, 0.3) is 0 Å². The standard InChI is InChI=1S/C14H12BrClN2S/c1-8-2-4-10(7-12(8)16)18-13-5-3-9(15)6-11(13)14(17)19/h2-7,18H,1H3,(H2,17,19). The van der Waals surface area contributed by atoms with Gasteiger partial charge in [0.05, 0.1) is 0 Å². The summed E-state index contributed by atoms with van der Waals surface area (Å²) in [6.07, 6.45) is 0. The first-order valence-corrected chi connectivity index (χ1v) is 7.18. The molecule has 2 nitrogen and oxygen atoms in total. The molecular weight excluding hydrogens is 344 g/mol. The summed E-state index contributed by atoms with van der Waals surface area (Å²) in [5.41, 5.74) is 9.32. The summed E-state index contributed by atoms with van der Waals surface area (Å²) in [4.78, 5) is 0.349. The van der Waals surface area contributed by atoms with Crippen molar-refractivity contribution in [3.8, 4) is 0 Å². The van der Waals surface area contributed by atoms with Crippen molar-refractivity contribution in [2.45, 2.75) is 6.92 Å². The fourth-order valence-corrected chi connectivity index (χ4v) is 2.37. The van der Waals surface area contributed by atoms with Crippen molar-refractivity contribution in [1.82, 2.24) is 0 Å². The molecule has 2 rings (SSSR count). The van der Waals surface area contributed by atoms with E-state index in [4.69, 9.17) is 29.6 Å². The summed E-state index contributed by atoms with van der Waals surface area (Å²) in [6.45, 7) is 1.96. The van der Waals surface area contributed by atoms with Crippen LogP contribution < -0.4 is 11.1 Å². The van der Waals surface area contributed by atoms with Crippen LogP contribution >= 0.6 is 39.7 Å². The van der Waals surface area contributed by atoms with E-state index in [0.29, 0.717) is 4.99 Å². The van der Waals surface area contributed by atoms with Crippen LogP contribution in [0.1, 0.15) is 11.1 Å². The summed E-state index contributed by atoms with van der Waals surface area (Å²) in [6, 6.07) is 11.5. The zero-order valence-electron chi connectivity index (χ0n) is 10.2. The minimum atomic E-state index is 0.349. The first kappa shape index (κ1) is 14.3. The number of halogens is 2. The molecule has 3 N–H and O–H groups in total. The summed E-state index contributed by atoms with van der Waals surface area (Å²) in [5.74, 6) is 0. The third-order valence-electron chi connectivity index (χ3n) is 2.70. The second-order valence-corrected chi connectivity index (χ2v) is 5.91. The molecule has 0 saturated heterocycles. The van der Waals surface area contributed by atoms with Gasteiger partial charge in [-0.1, -0.05) is 45.8 Å². The highest BCUT2D eigenvalue weighted by molar-refractivity contribution is 9.10. The van der Waals surface area contributed by atoms with Gasteiger partial charge in [0.1, 0.15) is 4.99 Å². The third kappa shape index (κ3) is 3.47. The number of rotatable bonds is 3. The molecule has 0 unspecified atom stereocenters. The monoisotopic (exact) mass is 354 g/mol. The highest BCUT2D eigenvalue weighted by Gasteiger charge is 2.07. The molecule has 0 spiro atoms. The topological polar surface area (TPSA) is 38.0 Å². The second-order valence-electron chi connectivity index (χ2n) is 4.14. The Bertz CT molecular complexity index is 643. The molecule has 0 aromatic heterocycles. The molecule has 19 heavy (non-hydrogen) atoms. The lowest BCUT2D eigenvalue weighted by atomic mass is 10.1. The number of hydrogen-bond donors (Lipinski definition) is 2. The molecule has 0 saturated carbocycles. The lowest BCUT2D eigenvalue weighted by molar-refractivity contribution is 1.45. The van der Waals surface area contributed by atoms with Crippen LogP contribution in [0.2, 0.25) is 5.02 Å². The predicted octanol–water partition coefficient (Wildman–Crippen LogP) is 4.79. The van der Waals surface area contributed by atoms with Crippen LogP contribution in [0.3, 0.4) is 0 Å². The summed E-state index contributed by atoms with van der Waals surface area (Å²) in [7, 11) is 0. The highest BCUT2D eigenvalue weighted by Crippen LogP contribution is 2.27. The Balaban J connectivity index is 2.37. The summed E-state index contributed by atoms with van der Waals surface area (Å²) in [5, 5.41) is 4.00. The Hall–Kier alpha value is -1.10. The van der Waals surface area contributed by atoms with Crippen molar-refractivity contribution in [2.75, 3.05) is 5.32 Å². The SMILES string of the molecule is Cc1ccc(Nc2ccc(Br)cc2C(N)=S)cc1Cl. The number of thiocarbonyl (C=S) groups is 1. The van der Waals surface area contributed by atoms with Crippen molar-refractivity contribution in [2.24, 2.45) is 5.73 Å². The third-order valence-corrected chi connectivity index (χ3v) is 3.82. The first-order chi connectivity index (χ1) is 8.97. The summed E-state index contributed by atoms with van der Waals surface area (Å²) >= 11 is 14.6. The van der Waals surface area contributed by atoms with Gasteiger partial charge in [0, 0.05) is 26.4 Å². The smallest absolute Gasteiger partial charge is 0.106 e. The van der Waals surface area contributed by atoms with Gasteiger partial charge < -0.3 is 11.1 Å².